The van der Waals surface area contributed by atoms with Crippen molar-refractivity contribution in [2.24, 2.45) is 0 Å². The first-order chi connectivity index (χ1) is 11.4. The van der Waals surface area contributed by atoms with Crippen LogP contribution in [0.15, 0.2) is 36.4 Å². The molecule has 2 aromatic carbocycles. The molecule has 0 radical (unpaired) electrons. The lowest BCUT2D eigenvalue weighted by Gasteiger charge is -2.32. The van der Waals surface area contributed by atoms with Crippen molar-refractivity contribution in [1.82, 2.24) is 4.90 Å². The van der Waals surface area contributed by atoms with Crippen LogP contribution in [0.25, 0.3) is 10.8 Å². The highest BCUT2D eigenvalue weighted by atomic mass is 16.3. The van der Waals surface area contributed by atoms with E-state index in [-0.39, 0.29) is 18.0 Å². The quantitative estimate of drug-likeness (QED) is 0.817. The second kappa shape index (κ2) is 7.80. The lowest BCUT2D eigenvalue weighted by molar-refractivity contribution is 0.0638. The molecule has 0 spiro atoms. The SMILES string of the molecule is CCCC(O)c1ccc2ccccc2c1C(=O)N(C(C)C)C(C)C. The average molecular weight is 327 g/mol. The van der Waals surface area contributed by atoms with Crippen molar-refractivity contribution >= 4 is 16.7 Å². The highest BCUT2D eigenvalue weighted by molar-refractivity contribution is 6.08. The molecule has 0 saturated heterocycles. The highest BCUT2D eigenvalue weighted by Crippen LogP contribution is 2.31. The van der Waals surface area contributed by atoms with E-state index in [1.54, 1.807) is 0 Å². The summed E-state index contributed by atoms with van der Waals surface area (Å²) in [5.74, 6) is 0.00181. The third-order valence-electron chi connectivity index (χ3n) is 4.44. The Morgan fingerprint density at radius 3 is 2.25 bits per heavy atom. The number of carbonyl (C=O) groups is 1. The first kappa shape index (κ1) is 18.5. The maximum absolute atomic E-state index is 13.4. The molecule has 0 aliphatic rings. The van der Waals surface area contributed by atoms with Gasteiger partial charge in [-0.05, 0) is 50.5 Å². The van der Waals surface area contributed by atoms with Gasteiger partial charge in [0.2, 0.25) is 0 Å². The van der Waals surface area contributed by atoms with Crippen LogP contribution in [-0.4, -0.2) is 28.0 Å². The smallest absolute Gasteiger partial charge is 0.255 e. The predicted molar refractivity (Wildman–Crippen MR) is 100 cm³/mol. The van der Waals surface area contributed by atoms with Crippen molar-refractivity contribution < 1.29 is 9.90 Å². The van der Waals surface area contributed by atoms with Crippen LogP contribution in [-0.2, 0) is 0 Å². The largest absolute Gasteiger partial charge is 0.388 e. The Labute approximate surface area is 145 Å². The zero-order chi connectivity index (χ0) is 17.9. The Hall–Kier alpha value is -1.87. The second-order valence-electron chi connectivity index (χ2n) is 6.96. The van der Waals surface area contributed by atoms with Crippen LogP contribution in [0.1, 0.15) is 69.5 Å². The van der Waals surface area contributed by atoms with Gasteiger partial charge in [0.05, 0.1) is 11.7 Å². The molecule has 1 atom stereocenters. The van der Waals surface area contributed by atoms with Gasteiger partial charge in [-0.3, -0.25) is 4.79 Å². The van der Waals surface area contributed by atoms with Gasteiger partial charge in [-0.15, -0.1) is 0 Å². The van der Waals surface area contributed by atoms with Crippen LogP contribution in [0.3, 0.4) is 0 Å². The van der Waals surface area contributed by atoms with Crippen LogP contribution in [0.5, 0.6) is 0 Å². The molecular formula is C21H29NO2. The van der Waals surface area contributed by atoms with Crippen molar-refractivity contribution in [2.75, 3.05) is 0 Å². The van der Waals surface area contributed by atoms with E-state index in [1.807, 2.05) is 75.9 Å². The summed E-state index contributed by atoms with van der Waals surface area (Å²) in [5.41, 5.74) is 1.39. The summed E-state index contributed by atoms with van der Waals surface area (Å²) in [7, 11) is 0. The Morgan fingerprint density at radius 1 is 1.04 bits per heavy atom. The van der Waals surface area contributed by atoms with E-state index in [4.69, 9.17) is 0 Å². The van der Waals surface area contributed by atoms with Gasteiger partial charge < -0.3 is 10.0 Å². The number of rotatable bonds is 6. The van der Waals surface area contributed by atoms with E-state index >= 15 is 0 Å². The maximum atomic E-state index is 13.4. The van der Waals surface area contributed by atoms with Gasteiger partial charge in [-0.1, -0.05) is 49.7 Å². The van der Waals surface area contributed by atoms with Gasteiger partial charge in [0.25, 0.3) is 5.91 Å². The van der Waals surface area contributed by atoms with Crippen molar-refractivity contribution in [2.45, 2.75) is 65.6 Å². The van der Waals surface area contributed by atoms with Crippen LogP contribution in [0.2, 0.25) is 0 Å². The van der Waals surface area contributed by atoms with Crippen LogP contribution >= 0.6 is 0 Å². The van der Waals surface area contributed by atoms with Crippen molar-refractivity contribution in [3.63, 3.8) is 0 Å². The lowest BCUT2D eigenvalue weighted by Crippen LogP contribution is -2.42. The van der Waals surface area contributed by atoms with E-state index < -0.39 is 6.10 Å². The van der Waals surface area contributed by atoms with Crippen molar-refractivity contribution in [3.05, 3.63) is 47.5 Å². The summed E-state index contributed by atoms with van der Waals surface area (Å²) in [6.07, 6.45) is 0.918. The third kappa shape index (κ3) is 3.62. The summed E-state index contributed by atoms with van der Waals surface area (Å²) >= 11 is 0. The van der Waals surface area contributed by atoms with Crippen molar-refractivity contribution in [3.8, 4) is 0 Å². The Morgan fingerprint density at radius 2 is 1.67 bits per heavy atom. The van der Waals surface area contributed by atoms with E-state index in [9.17, 15) is 9.90 Å². The number of benzene rings is 2. The number of hydrogen-bond donors (Lipinski definition) is 1. The van der Waals surface area contributed by atoms with Gasteiger partial charge in [0.15, 0.2) is 0 Å². The molecule has 2 rings (SSSR count). The second-order valence-corrected chi connectivity index (χ2v) is 6.96. The zero-order valence-electron chi connectivity index (χ0n) is 15.4. The minimum Gasteiger partial charge on any atom is -0.388 e. The molecule has 0 aliphatic heterocycles. The molecule has 130 valence electrons. The summed E-state index contributed by atoms with van der Waals surface area (Å²) < 4.78 is 0. The molecule has 0 saturated carbocycles. The molecule has 0 aromatic heterocycles. The monoisotopic (exact) mass is 327 g/mol. The number of aliphatic hydroxyl groups excluding tert-OH is 1. The number of amides is 1. The van der Waals surface area contributed by atoms with Gasteiger partial charge >= 0.3 is 0 Å². The molecule has 1 unspecified atom stereocenters. The van der Waals surface area contributed by atoms with Crippen molar-refractivity contribution in [1.29, 1.82) is 0 Å². The molecule has 3 heteroatoms. The van der Waals surface area contributed by atoms with E-state index in [0.717, 1.165) is 22.8 Å². The normalized spacial score (nSPS) is 12.8. The molecule has 24 heavy (non-hydrogen) atoms. The molecule has 0 fully saturated rings. The molecule has 0 heterocycles. The number of nitrogens with zero attached hydrogens (tertiary/aromatic N) is 1. The first-order valence-corrected chi connectivity index (χ1v) is 8.90. The summed E-state index contributed by atoms with van der Waals surface area (Å²) in [6.45, 7) is 10.2. The van der Waals surface area contributed by atoms with E-state index in [1.165, 1.54) is 0 Å². The Kier molecular flexibility index (Phi) is 6.00. The predicted octanol–water partition coefficient (Wildman–Crippen LogP) is 4.93. The fourth-order valence-electron chi connectivity index (χ4n) is 3.43. The van der Waals surface area contributed by atoms with Crippen LogP contribution in [0, 0.1) is 0 Å². The Balaban J connectivity index is 2.68. The van der Waals surface area contributed by atoms with Gasteiger partial charge in [-0.2, -0.15) is 0 Å². The van der Waals surface area contributed by atoms with Crippen LogP contribution in [0.4, 0.5) is 0 Å². The number of hydrogen-bond acceptors (Lipinski definition) is 2. The number of fused-ring (bicyclic) bond motifs is 1. The lowest BCUT2D eigenvalue weighted by atomic mass is 9.92. The molecule has 1 N–H and O–H groups in total. The third-order valence-corrected chi connectivity index (χ3v) is 4.44. The van der Waals surface area contributed by atoms with Gasteiger partial charge in [-0.25, -0.2) is 0 Å². The van der Waals surface area contributed by atoms with Gasteiger partial charge in [0.1, 0.15) is 0 Å². The zero-order valence-corrected chi connectivity index (χ0v) is 15.4. The minimum atomic E-state index is -0.611. The van der Waals surface area contributed by atoms with Gasteiger partial charge in [0, 0.05) is 12.1 Å². The molecular weight excluding hydrogens is 298 g/mol. The topological polar surface area (TPSA) is 40.5 Å². The number of aliphatic hydroxyl groups is 1. The van der Waals surface area contributed by atoms with Crippen LogP contribution < -0.4 is 0 Å². The highest BCUT2D eigenvalue weighted by Gasteiger charge is 2.27. The fourth-order valence-corrected chi connectivity index (χ4v) is 3.43. The average Bonchev–Trinajstić information content (AvgIpc) is 2.53. The molecule has 0 bridgehead atoms. The van der Waals surface area contributed by atoms with E-state index in [2.05, 4.69) is 0 Å². The standard InChI is InChI=1S/C21H29NO2/c1-6-9-19(23)18-13-12-16-10-7-8-11-17(16)20(18)21(24)22(14(2)3)15(4)5/h7-8,10-15,19,23H,6,9H2,1-5H3. The maximum Gasteiger partial charge on any atom is 0.255 e. The minimum absolute atomic E-state index is 0.00181. The molecule has 2 aromatic rings. The van der Waals surface area contributed by atoms with E-state index in [0.29, 0.717) is 12.0 Å². The summed E-state index contributed by atoms with van der Waals surface area (Å²) in [6, 6.07) is 12.0. The summed E-state index contributed by atoms with van der Waals surface area (Å²) in [5, 5.41) is 12.5. The Bertz CT molecular complexity index is 698. The fraction of sp³-hybridized carbons (Fsp3) is 0.476. The summed E-state index contributed by atoms with van der Waals surface area (Å²) in [4.78, 5) is 15.3. The first-order valence-electron chi connectivity index (χ1n) is 8.90. The molecule has 0 aliphatic carbocycles. The molecule has 1 amide bonds. The number of carbonyl (C=O) groups excluding carboxylic acids is 1. The molecule has 3 nitrogen and oxygen atoms in total.